The molecule has 0 aromatic carbocycles. The molecule has 2 atom stereocenters. The van der Waals surface area contributed by atoms with Gasteiger partial charge in [0.15, 0.2) is 5.82 Å². The Kier molecular flexibility index (Phi) is 4.82. The van der Waals surface area contributed by atoms with E-state index >= 15 is 0 Å². The van der Waals surface area contributed by atoms with Crippen LogP contribution in [0.25, 0.3) is 0 Å². The summed E-state index contributed by atoms with van der Waals surface area (Å²) >= 11 is 0. The maximum atomic E-state index is 5.78. The molecule has 0 spiro atoms. The molecular weight excluding hydrogens is 252 g/mol. The highest BCUT2D eigenvalue weighted by molar-refractivity contribution is 5.37. The Morgan fingerprint density at radius 2 is 2.30 bits per heavy atom. The first-order chi connectivity index (χ1) is 9.92. The Morgan fingerprint density at radius 3 is 3.10 bits per heavy atom. The van der Waals surface area contributed by atoms with Crippen molar-refractivity contribution in [1.82, 2.24) is 15.5 Å². The Labute approximate surface area is 120 Å². The Morgan fingerprint density at radius 1 is 1.30 bits per heavy atom. The Bertz CT molecular complexity index is 394. The summed E-state index contributed by atoms with van der Waals surface area (Å²) in [4.78, 5) is 2.33. The van der Waals surface area contributed by atoms with Crippen LogP contribution >= 0.6 is 0 Å². The minimum absolute atomic E-state index is 0.413. The zero-order chi connectivity index (χ0) is 13.6. The van der Waals surface area contributed by atoms with Gasteiger partial charge < -0.3 is 15.0 Å². The smallest absolute Gasteiger partial charge is 0.151 e. The van der Waals surface area contributed by atoms with Crippen molar-refractivity contribution in [2.24, 2.45) is 0 Å². The molecule has 0 unspecified atom stereocenters. The molecule has 2 fully saturated rings. The maximum absolute atomic E-state index is 5.78. The highest BCUT2D eigenvalue weighted by Gasteiger charge is 2.22. The maximum Gasteiger partial charge on any atom is 0.151 e. The highest BCUT2D eigenvalue weighted by atomic mass is 16.5. The SMILES string of the molecule is c1cnnc(N2CCC[C@H](NC[C@H]3CCCCO3)C2)c1. The van der Waals surface area contributed by atoms with E-state index < -0.39 is 0 Å². The number of ether oxygens (including phenoxy) is 1. The lowest BCUT2D eigenvalue weighted by Gasteiger charge is -2.35. The summed E-state index contributed by atoms with van der Waals surface area (Å²) in [7, 11) is 0. The van der Waals surface area contributed by atoms with Crippen LogP contribution in [0.1, 0.15) is 32.1 Å². The molecule has 2 aliphatic heterocycles. The second-order valence-electron chi connectivity index (χ2n) is 5.76. The van der Waals surface area contributed by atoms with Crippen LogP contribution in [0.4, 0.5) is 5.82 Å². The van der Waals surface area contributed by atoms with Gasteiger partial charge in [-0.1, -0.05) is 0 Å². The van der Waals surface area contributed by atoms with E-state index in [4.69, 9.17) is 4.74 Å². The van der Waals surface area contributed by atoms with Gasteiger partial charge in [-0.25, -0.2) is 0 Å². The number of rotatable bonds is 4. The van der Waals surface area contributed by atoms with Crippen LogP contribution in [0, 0.1) is 0 Å². The van der Waals surface area contributed by atoms with Gasteiger partial charge in [0, 0.05) is 38.5 Å². The molecule has 2 aliphatic rings. The average Bonchev–Trinajstić information content (AvgIpc) is 2.55. The predicted molar refractivity (Wildman–Crippen MR) is 78.9 cm³/mol. The molecule has 3 rings (SSSR count). The third-order valence-electron chi connectivity index (χ3n) is 4.21. The molecule has 0 bridgehead atoms. The summed E-state index contributed by atoms with van der Waals surface area (Å²) in [6.07, 6.45) is 8.32. The van der Waals surface area contributed by atoms with E-state index in [1.54, 1.807) is 6.20 Å². The number of hydrogen-bond donors (Lipinski definition) is 1. The van der Waals surface area contributed by atoms with Crippen molar-refractivity contribution in [2.45, 2.75) is 44.2 Å². The number of anilines is 1. The molecule has 1 aromatic rings. The molecule has 1 aromatic heterocycles. The van der Waals surface area contributed by atoms with Crippen molar-refractivity contribution in [3.63, 3.8) is 0 Å². The molecule has 3 heterocycles. The quantitative estimate of drug-likeness (QED) is 0.905. The van der Waals surface area contributed by atoms with Gasteiger partial charge in [0.2, 0.25) is 0 Å². The van der Waals surface area contributed by atoms with Crippen molar-refractivity contribution in [1.29, 1.82) is 0 Å². The van der Waals surface area contributed by atoms with Crippen molar-refractivity contribution in [3.05, 3.63) is 18.3 Å². The van der Waals surface area contributed by atoms with Gasteiger partial charge in [0.05, 0.1) is 6.10 Å². The lowest BCUT2D eigenvalue weighted by molar-refractivity contribution is 0.0151. The van der Waals surface area contributed by atoms with Crippen molar-refractivity contribution in [2.75, 3.05) is 31.1 Å². The largest absolute Gasteiger partial charge is 0.377 e. The molecule has 1 N–H and O–H groups in total. The predicted octanol–water partition coefficient (Wildman–Crippen LogP) is 1.60. The molecule has 5 heteroatoms. The fourth-order valence-electron chi connectivity index (χ4n) is 3.08. The number of aromatic nitrogens is 2. The van der Waals surface area contributed by atoms with Crippen LogP contribution in [-0.2, 0) is 4.74 Å². The lowest BCUT2D eigenvalue weighted by Crippen LogP contribution is -2.48. The van der Waals surface area contributed by atoms with E-state index in [0.29, 0.717) is 12.1 Å². The first-order valence-electron chi connectivity index (χ1n) is 7.79. The minimum Gasteiger partial charge on any atom is -0.377 e. The molecule has 5 nitrogen and oxygen atoms in total. The molecule has 0 amide bonds. The summed E-state index contributed by atoms with van der Waals surface area (Å²) in [5.74, 6) is 0.993. The molecule has 20 heavy (non-hydrogen) atoms. The van der Waals surface area contributed by atoms with E-state index in [1.165, 1.54) is 32.1 Å². The van der Waals surface area contributed by atoms with Gasteiger partial charge in [-0.3, -0.25) is 0 Å². The third kappa shape index (κ3) is 3.67. The van der Waals surface area contributed by atoms with Gasteiger partial charge in [0.25, 0.3) is 0 Å². The number of piperidine rings is 1. The van der Waals surface area contributed by atoms with Crippen LogP contribution in [0.5, 0.6) is 0 Å². The zero-order valence-corrected chi connectivity index (χ0v) is 12.0. The summed E-state index contributed by atoms with van der Waals surface area (Å²) < 4.78 is 5.78. The standard InChI is InChI=1S/C15H24N4O/c1-2-10-20-14(6-1)11-16-13-5-4-9-19(12-13)15-7-3-8-17-18-15/h3,7-8,13-14,16H,1-2,4-6,9-12H2/t13-,14+/m0/s1. The number of hydrogen-bond acceptors (Lipinski definition) is 5. The molecule has 2 saturated heterocycles. The average molecular weight is 276 g/mol. The summed E-state index contributed by atoms with van der Waals surface area (Å²) in [5.41, 5.74) is 0. The van der Waals surface area contributed by atoms with E-state index in [0.717, 1.165) is 32.1 Å². The van der Waals surface area contributed by atoms with Gasteiger partial charge in [-0.05, 0) is 44.2 Å². The minimum atomic E-state index is 0.413. The van der Waals surface area contributed by atoms with Crippen LogP contribution in [0.3, 0.4) is 0 Å². The topological polar surface area (TPSA) is 50.3 Å². The molecule has 110 valence electrons. The lowest BCUT2D eigenvalue weighted by atomic mass is 10.0. The number of nitrogens with one attached hydrogen (secondary N) is 1. The Hall–Kier alpha value is -1.20. The van der Waals surface area contributed by atoms with Crippen LogP contribution in [0.2, 0.25) is 0 Å². The van der Waals surface area contributed by atoms with Gasteiger partial charge >= 0.3 is 0 Å². The third-order valence-corrected chi connectivity index (χ3v) is 4.21. The first kappa shape index (κ1) is 13.8. The fraction of sp³-hybridized carbons (Fsp3) is 0.733. The molecular formula is C15H24N4O. The van der Waals surface area contributed by atoms with Crippen molar-refractivity contribution >= 4 is 5.82 Å². The summed E-state index contributed by atoms with van der Waals surface area (Å²) in [6.45, 7) is 4.02. The van der Waals surface area contributed by atoms with E-state index in [-0.39, 0.29) is 0 Å². The molecule has 0 aliphatic carbocycles. The normalized spacial score (nSPS) is 27.5. The Balaban J connectivity index is 1.48. The number of nitrogens with zero attached hydrogens (tertiary/aromatic N) is 3. The van der Waals surface area contributed by atoms with Gasteiger partial charge in [-0.2, -0.15) is 5.10 Å². The van der Waals surface area contributed by atoms with Crippen LogP contribution < -0.4 is 10.2 Å². The highest BCUT2D eigenvalue weighted by Crippen LogP contribution is 2.17. The van der Waals surface area contributed by atoms with E-state index in [2.05, 4.69) is 20.4 Å². The van der Waals surface area contributed by atoms with Crippen molar-refractivity contribution in [3.8, 4) is 0 Å². The summed E-state index contributed by atoms with van der Waals surface area (Å²) in [5, 5.41) is 11.9. The van der Waals surface area contributed by atoms with Crippen LogP contribution in [-0.4, -0.2) is 48.6 Å². The second kappa shape index (κ2) is 6.99. The van der Waals surface area contributed by atoms with Crippen LogP contribution in [0.15, 0.2) is 18.3 Å². The zero-order valence-electron chi connectivity index (χ0n) is 12.0. The van der Waals surface area contributed by atoms with Gasteiger partial charge in [0.1, 0.15) is 0 Å². The molecule has 0 radical (unpaired) electrons. The summed E-state index contributed by atoms with van der Waals surface area (Å²) in [6, 6.07) is 4.53. The monoisotopic (exact) mass is 276 g/mol. The van der Waals surface area contributed by atoms with E-state index in [1.807, 2.05) is 12.1 Å². The molecule has 0 saturated carbocycles. The first-order valence-corrected chi connectivity index (χ1v) is 7.79. The van der Waals surface area contributed by atoms with E-state index in [9.17, 15) is 0 Å². The van der Waals surface area contributed by atoms with Crippen molar-refractivity contribution < 1.29 is 4.74 Å². The second-order valence-corrected chi connectivity index (χ2v) is 5.76. The fourth-order valence-corrected chi connectivity index (χ4v) is 3.08. The van der Waals surface area contributed by atoms with Gasteiger partial charge in [-0.15, -0.1) is 5.10 Å².